The van der Waals surface area contributed by atoms with E-state index in [0.29, 0.717) is 6.42 Å². The second-order valence-electron chi connectivity index (χ2n) is 9.38. The van der Waals surface area contributed by atoms with Crippen molar-refractivity contribution in [3.8, 4) is 34.0 Å². The highest BCUT2D eigenvalue weighted by Gasteiger charge is 2.15. The summed E-state index contributed by atoms with van der Waals surface area (Å²) >= 11 is 0. The maximum atomic E-state index is 5.12. The highest BCUT2D eigenvalue weighted by Crippen LogP contribution is 2.30. The average molecular weight is 472 g/mol. The molecule has 0 saturated carbocycles. The molecule has 0 aromatic carbocycles. The van der Waals surface area contributed by atoms with Gasteiger partial charge in [-0.25, -0.2) is 4.98 Å². The van der Waals surface area contributed by atoms with E-state index >= 15 is 0 Å². The van der Waals surface area contributed by atoms with E-state index in [1.165, 1.54) is 0 Å². The molecule has 0 aliphatic carbocycles. The first kappa shape index (κ1) is 23.5. The third-order valence-electron chi connectivity index (χ3n) is 6.14. The lowest BCUT2D eigenvalue weighted by Crippen LogP contribution is -2.01. The minimum absolute atomic E-state index is 0.703. The summed E-state index contributed by atoms with van der Waals surface area (Å²) in [5.41, 5.74) is 12.7. The summed E-state index contributed by atoms with van der Waals surface area (Å²) in [6, 6.07) is 22.7. The lowest BCUT2D eigenvalue weighted by atomic mass is 10.0. The Morgan fingerprint density at radius 3 is 2.11 bits per heavy atom. The van der Waals surface area contributed by atoms with Gasteiger partial charge in [0.05, 0.1) is 28.5 Å². The Morgan fingerprint density at radius 1 is 0.583 bits per heavy atom. The van der Waals surface area contributed by atoms with Gasteiger partial charge in [-0.05, 0) is 93.8 Å². The highest BCUT2D eigenvalue weighted by molar-refractivity contribution is 5.72. The van der Waals surface area contributed by atoms with E-state index in [2.05, 4.69) is 61.3 Å². The van der Waals surface area contributed by atoms with Gasteiger partial charge < -0.3 is 0 Å². The van der Waals surface area contributed by atoms with Gasteiger partial charge in [0.15, 0.2) is 0 Å². The van der Waals surface area contributed by atoms with E-state index in [1.54, 1.807) is 0 Å². The van der Waals surface area contributed by atoms with Crippen LogP contribution in [0.5, 0.6) is 0 Å². The van der Waals surface area contributed by atoms with Gasteiger partial charge in [0.2, 0.25) is 0 Å². The molecule has 0 atom stereocenters. The topological polar surface area (TPSA) is 64.5 Å². The summed E-state index contributed by atoms with van der Waals surface area (Å²) in [7, 11) is 0. The molecule has 0 saturated heterocycles. The Hall–Kier alpha value is -4.25. The minimum Gasteiger partial charge on any atom is -0.258 e. The first-order valence-corrected chi connectivity index (χ1v) is 12.1. The number of aryl methyl sites for hydroxylation is 5. The Bertz CT molecular complexity index is 1570. The zero-order valence-electron chi connectivity index (χ0n) is 21.4. The maximum absolute atomic E-state index is 5.12. The summed E-state index contributed by atoms with van der Waals surface area (Å²) in [6.07, 6.45) is 2.61. The Morgan fingerprint density at radius 2 is 1.33 bits per heavy atom. The molecule has 0 N–H and O–H groups in total. The largest absolute Gasteiger partial charge is 0.258 e. The molecular weight excluding hydrogens is 442 g/mol. The molecule has 0 aliphatic heterocycles. The van der Waals surface area contributed by atoms with Crippen LogP contribution in [0.3, 0.4) is 0 Å². The number of aromatic nitrogens is 5. The molecular formula is C31H29N5. The van der Waals surface area contributed by atoms with Gasteiger partial charge in [0, 0.05) is 41.0 Å². The fourth-order valence-corrected chi connectivity index (χ4v) is 4.46. The molecule has 5 heteroatoms. The third kappa shape index (κ3) is 5.05. The predicted molar refractivity (Wildman–Crippen MR) is 145 cm³/mol. The standard InChI is InChI=1S/C31H29N5/c1-19-14-24(16-26-10-6-8-21(3)33-26)31(32-18-19)28-13-12-20(2)30(36-28)25-15-23(5)35-29(17-25)27-11-7-9-22(4)34-27/h6-15,17-18H,16H2,1-5H3. The third-order valence-corrected chi connectivity index (χ3v) is 6.14. The van der Waals surface area contributed by atoms with Crippen LogP contribution in [-0.4, -0.2) is 24.9 Å². The van der Waals surface area contributed by atoms with Crippen LogP contribution in [-0.2, 0) is 6.42 Å². The highest BCUT2D eigenvalue weighted by atomic mass is 14.8. The van der Waals surface area contributed by atoms with Crippen molar-refractivity contribution in [3.05, 3.63) is 112 Å². The van der Waals surface area contributed by atoms with Gasteiger partial charge in [-0.1, -0.05) is 24.3 Å². The second kappa shape index (κ2) is 9.78. The number of nitrogens with zero attached hydrogens (tertiary/aromatic N) is 5. The molecule has 0 bridgehead atoms. The van der Waals surface area contributed by atoms with Gasteiger partial charge in [-0.3, -0.25) is 19.9 Å². The summed E-state index contributed by atoms with van der Waals surface area (Å²) < 4.78 is 0. The fourth-order valence-electron chi connectivity index (χ4n) is 4.46. The molecule has 0 radical (unpaired) electrons. The lowest BCUT2D eigenvalue weighted by Gasteiger charge is -2.13. The Labute approximate surface area is 212 Å². The van der Waals surface area contributed by atoms with E-state index in [0.717, 1.165) is 73.5 Å². The SMILES string of the molecule is Cc1cnc(-c2ccc(C)c(-c3cc(C)nc(-c4cccc(C)n4)c3)n2)c(Cc2cccc(C)n2)c1. The van der Waals surface area contributed by atoms with Crippen molar-refractivity contribution in [1.29, 1.82) is 0 Å². The molecule has 5 heterocycles. The molecule has 5 aromatic rings. The first-order chi connectivity index (χ1) is 17.4. The van der Waals surface area contributed by atoms with Crippen molar-refractivity contribution >= 4 is 0 Å². The molecule has 5 nitrogen and oxygen atoms in total. The predicted octanol–water partition coefficient (Wildman–Crippen LogP) is 6.80. The number of hydrogen-bond acceptors (Lipinski definition) is 5. The summed E-state index contributed by atoms with van der Waals surface area (Å²) in [5, 5.41) is 0. The lowest BCUT2D eigenvalue weighted by molar-refractivity contribution is 1.02. The van der Waals surface area contributed by atoms with Crippen LogP contribution in [0, 0.1) is 34.6 Å². The number of rotatable bonds is 5. The van der Waals surface area contributed by atoms with Crippen LogP contribution in [0.15, 0.2) is 72.9 Å². The Kier molecular flexibility index (Phi) is 6.38. The van der Waals surface area contributed by atoms with Gasteiger partial charge in [0.25, 0.3) is 0 Å². The van der Waals surface area contributed by atoms with Crippen molar-refractivity contribution in [1.82, 2.24) is 24.9 Å². The maximum Gasteiger partial charge on any atom is 0.0922 e. The zero-order valence-corrected chi connectivity index (χ0v) is 21.4. The molecule has 178 valence electrons. The van der Waals surface area contributed by atoms with Crippen LogP contribution in [0.4, 0.5) is 0 Å². The number of pyridine rings is 5. The molecule has 0 aliphatic rings. The molecule has 5 rings (SSSR count). The molecule has 0 spiro atoms. The first-order valence-electron chi connectivity index (χ1n) is 12.1. The molecule has 36 heavy (non-hydrogen) atoms. The van der Waals surface area contributed by atoms with Crippen molar-refractivity contribution in [3.63, 3.8) is 0 Å². The quantitative estimate of drug-likeness (QED) is 0.282. The summed E-state index contributed by atoms with van der Waals surface area (Å²) in [5.74, 6) is 0. The molecule has 5 aromatic heterocycles. The van der Waals surface area contributed by atoms with Gasteiger partial charge in [-0.15, -0.1) is 0 Å². The summed E-state index contributed by atoms with van der Waals surface area (Å²) in [4.78, 5) is 24.1. The Balaban J connectivity index is 1.59. The zero-order chi connectivity index (χ0) is 25.2. The van der Waals surface area contributed by atoms with E-state index < -0.39 is 0 Å². The van der Waals surface area contributed by atoms with Gasteiger partial charge in [0.1, 0.15) is 0 Å². The van der Waals surface area contributed by atoms with E-state index in [9.17, 15) is 0 Å². The average Bonchev–Trinajstić information content (AvgIpc) is 2.84. The van der Waals surface area contributed by atoms with Crippen LogP contribution >= 0.6 is 0 Å². The molecule has 0 fully saturated rings. The van der Waals surface area contributed by atoms with Crippen molar-refractivity contribution in [2.45, 2.75) is 41.0 Å². The van der Waals surface area contributed by atoms with Crippen LogP contribution in [0.1, 0.15) is 39.5 Å². The molecule has 0 unspecified atom stereocenters. The van der Waals surface area contributed by atoms with Crippen molar-refractivity contribution in [2.75, 3.05) is 0 Å². The number of hydrogen-bond donors (Lipinski definition) is 0. The van der Waals surface area contributed by atoms with Crippen molar-refractivity contribution in [2.24, 2.45) is 0 Å². The van der Waals surface area contributed by atoms with Crippen LogP contribution in [0.2, 0.25) is 0 Å². The summed E-state index contributed by atoms with van der Waals surface area (Å²) in [6.45, 7) is 10.2. The van der Waals surface area contributed by atoms with Gasteiger partial charge >= 0.3 is 0 Å². The van der Waals surface area contributed by atoms with Crippen molar-refractivity contribution < 1.29 is 0 Å². The second-order valence-corrected chi connectivity index (χ2v) is 9.38. The van der Waals surface area contributed by atoms with E-state index in [-0.39, 0.29) is 0 Å². The monoisotopic (exact) mass is 471 g/mol. The van der Waals surface area contributed by atoms with Crippen LogP contribution in [0.25, 0.3) is 34.0 Å². The molecule has 0 amide bonds. The van der Waals surface area contributed by atoms with E-state index in [4.69, 9.17) is 19.9 Å². The van der Waals surface area contributed by atoms with Gasteiger partial charge in [-0.2, -0.15) is 0 Å². The van der Waals surface area contributed by atoms with Crippen LogP contribution < -0.4 is 0 Å². The smallest absolute Gasteiger partial charge is 0.0922 e. The van der Waals surface area contributed by atoms with E-state index in [1.807, 2.05) is 51.2 Å². The minimum atomic E-state index is 0.703. The fraction of sp³-hybridized carbons (Fsp3) is 0.194. The normalized spacial score (nSPS) is 11.0.